The Morgan fingerprint density at radius 3 is 2.36 bits per heavy atom. The fraction of sp³-hybridized carbons (Fsp3) is 0.174. The standard InChI is InChI=1S/C23H22N6O7S3/c1-3-9-37-23-26-21(25-22(30)27-23)24-14-7-8-18(13(2)10-14)29-28-15-11-17-16(20(12-15)39(34,35)36)5-4-6-19(17)38(31,32)33/h4-8,10-12H,3,9H2,1-2H3,(H,31,32,33)(H,34,35,36)(H2,24,25,26,27,30). The molecule has 4 aromatic rings. The maximum atomic E-state index is 12.0. The summed E-state index contributed by atoms with van der Waals surface area (Å²) in [5.41, 5.74) is 1.01. The van der Waals surface area contributed by atoms with Crippen molar-refractivity contribution in [2.24, 2.45) is 10.2 Å². The van der Waals surface area contributed by atoms with E-state index in [1.54, 1.807) is 25.1 Å². The minimum Gasteiger partial charge on any atom is -0.326 e. The molecule has 4 N–H and O–H groups in total. The van der Waals surface area contributed by atoms with Crippen LogP contribution < -0.4 is 11.0 Å². The summed E-state index contributed by atoms with van der Waals surface area (Å²) < 4.78 is 67.0. The molecule has 0 saturated carbocycles. The number of nitrogens with zero attached hydrogens (tertiary/aromatic N) is 4. The molecule has 0 amide bonds. The van der Waals surface area contributed by atoms with E-state index >= 15 is 0 Å². The number of azo groups is 1. The molecule has 0 aliphatic heterocycles. The molecule has 39 heavy (non-hydrogen) atoms. The third-order valence-corrected chi connectivity index (χ3v) is 8.12. The molecular weight excluding hydrogens is 568 g/mol. The van der Waals surface area contributed by atoms with Gasteiger partial charge in [-0.2, -0.15) is 37.0 Å². The topological polar surface area (TPSA) is 204 Å². The Labute approximate surface area is 227 Å². The molecule has 1 aromatic heterocycles. The van der Waals surface area contributed by atoms with Crippen LogP contribution in [0, 0.1) is 6.92 Å². The van der Waals surface area contributed by atoms with Crippen molar-refractivity contribution in [3.05, 3.63) is 64.6 Å². The van der Waals surface area contributed by atoms with E-state index < -0.39 is 35.7 Å². The molecule has 13 nitrogen and oxygen atoms in total. The fourth-order valence-corrected chi connectivity index (χ4v) is 5.69. The number of anilines is 2. The van der Waals surface area contributed by atoms with Gasteiger partial charge in [0.25, 0.3) is 20.2 Å². The minimum atomic E-state index is -4.78. The molecule has 3 aromatic carbocycles. The summed E-state index contributed by atoms with van der Waals surface area (Å²) in [6.45, 7) is 3.75. The van der Waals surface area contributed by atoms with Crippen molar-refractivity contribution in [2.45, 2.75) is 35.2 Å². The van der Waals surface area contributed by atoms with Gasteiger partial charge in [0.1, 0.15) is 9.79 Å². The second kappa shape index (κ2) is 11.2. The highest BCUT2D eigenvalue weighted by molar-refractivity contribution is 7.99. The molecule has 0 aliphatic rings. The van der Waals surface area contributed by atoms with E-state index in [2.05, 4.69) is 30.5 Å². The van der Waals surface area contributed by atoms with Crippen molar-refractivity contribution in [3.63, 3.8) is 0 Å². The van der Waals surface area contributed by atoms with Gasteiger partial charge in [0.15, 0.2) is 5.16 Å². The van der Waals surface area contributed by atoms with E-state index in [-0.39, 0.29) is 22.4 Å². The number of H-pyrrole nitrogens is 1. The quantitative estimate of drug-likeness (QED) is 0.119. The number of nitrogens with one attached hydrogen (secondary N) is 2. The zero-order valence-corrected chi connectivity index (χ0v) is 22.9. The Morgan fingerprint density at radius 2 is 1.69 bits per heavy atom. The van der Waals surface area contributed by atoms with Gasteiger partial charge in [-0.25, -0.2) is 4.79 Å². The van der Waals surface area contributed by atoms with Crippen LogP contribution in [0.5, 0.6) is 0 Å². The first kappa shape index (κ1) is 28.3. The van der Waals surface area contributed by atoms with Gasteiger partial charge < -0.3 is 5.32 Å². The number of hydrogen-bond donors (Lipinski definition) is 4. The lowest BCUT2D eigenvalue weighted by molar-refractivity contribution is 0.481. The zero-order valence-electron chi connectivity index (χ0n) is 20.5. The molecule has 4 rings (SSSR count). The van der Waals surface area contributed by atoms with Crippen LogP contribution in [-0.4, -0.2) is 46.6 Å². The molecule has 0 bridgehead atoms. The average Bonchev–Trinajstić information content (AvgIpc) is 2.84. The van der Waals surface area contributed by atoms with Gasteiger partial charge in [-0.3, -0.25) is 14.1 Å². The largest absolute Gasteiger partial charge is 0.350 e. The van der Waals surface area contributed by atoms with E-state index in [0.717, 1.165) is 24.3 Å². The molecule has 16 heteroatoms. The number of rotatable bonds is 9. The summed E-state index contributed by atoms with van der Waals surface area (Å²) in [6.07, 6.45) is 0.900. The molecule has 0 fully saturated rings. The lowest BCUT2D eigenvalue weighted by Gasteiger charge is -2.09. The van der Waals surface area contributed by atoms with E-state index in [1.165, 1.54) is 30.0 Å². The first-order valence-corrected chi connectivity index (χ1v) is 15.1. The summed E-state index contributed by atoms with van der Waals surface area (Å²) in [6, 6.07) is 10.9. The van der Waals surface area contributed by atoms with Crippen molar-refractivity contribution >= 4 is 65.8 Å². The second-order valence-electron chi connectivity index (χ2n) is 8.20. The number of aryl methyl sites for hydroxylation is 1. The number of aromatic amines is 1. The maximum absolute atomic E-state index is 12.0. The highest BCUT2D eigenvalue weighted by atomic mass is 32.2. The van der Waals surface area contributed by atoms with Crippen molar-refractivity contribution in [2.75, 3.05) is 11.1 Å². The van der Waals surface area contributed by atoms with E-state index in [1.807, 2.05) is 6.92 Å². The third kappa shape index (κ3) is 6.85. The molecule has 0 radical (unpaired) electrons. The molecule has 0 aliphatic carbocycles. The first-order chi connectivity index (χ1) is 18.3. The monoisotopic (exact) mass is 590 g/mol. The molecule has 0 saturated heterocycles. The van der Waals surface area contributed by atoms with Crippen molar-refractivity contribution in [1.82, 2.24) is 15.0 Å². The summed E-state index contributed by atoms with van der Waals surface area (Å²) in [7, 11) is -9.49. The number of fused-ring (bicyclic) bond motifs is 1. The van der Waals surface area contributed by atoms with Crippen LogP contribution in [-0.2, 0) is 20.2 Å². The highest BCUT2D eigenvalue weighted by Crippen LogP contribution is 2.34. The van der Waals surface area contributed by atoms with Gasteiger partial charge in [-0.1, -0.05) is 30.8 Å². The average molecular weight is 591 g/mol. The van der Waals surface area contributed by atoms with E-state index in [0.29, 0.717) is 22.1 Å². The van der Waals surface area contributed by atoms with Gasteiger partial charge in [0, 0.05) is 22.2 Å². The molecule has 0 unspecified atom stereocenters. The smallest absolute Gasteiger partial charge is 0.326 e. The number of hydrogen-bond acceptors (Lipinski definition) is 11. The number of aromatic nitrogens is 3. The van der Waals surface area contributed by atoms with Crippen LogP contribution >= 0.6 is 11.8 Å². The Kier molecular flexibility index (Phi) is 8.12. The van der Waals surface area contributed by atoms with Gasteiger partial charge in [-0.15, -0.1) is 0 Å². The summed E-state index contributed by atoms with van der Waals surface area (Å²) in [5, 5.41) is 11.2. The van der Waals surface area contributed by atoms with E-state index in [9.17, 15) is 30.7 Å². The number of thioether (sulfide) groups is 1. The second-order valence-corrected chi connectivity index (χ2v) is 12.0. The Bertz CT molecular complexity index is 1870. The fourth-order valence-electron chi connectivity index (χ4n) is 3.58. The lowest BCUT2D eigenvalue weighted by atomic mass is 10.1. The first-order valence-electron chi connectivity index (χ1n) is 11.3. The maximum Gasteiger partial charge on any atom is 0.350 e. The molecule has 1 heterocycles. The van der Waals surface area contributed by atoms with Gasteiger partial charge >= 0.3 is 5.69 Å². The predicted molar refractivity (Wildman–Crippen MR) is 146 cm³/mol. The van der Waals surface area contributed by atoms with Crippen molar-refractivity contribution < 1.29 is 25.9 Å². The van der Waals surface area contributed by atoms with Crippen LogP contribution in [0.2, 0.25) is 0 Å². The molecule has 0 atom stereocenters. The van der Waals surface area contributed by atoms with Crippen molar-refractivity contribution in [3.8, 4) is 0 Å². The molecular formula is C23H22N6O7S3. The lowest BCUT2D eigenvalue weighted by Crippen LogP contribution is -2.15. The van der Waals surface area contributed by atoms with Crippen LogP contribution in [0.25, 0.3) is 10.8 Å². The Balaban J connectivity index is 1.67. The molecule has 204 valence electrons. The number of benzene rings is 3. The normalized spacial score (nSPS) is 12.3. The summed E-state index contributed by atoms with van der Waals surface area (Å²) >= 11 is 1.36. The van der Waals surface area contributed by atoms with Gasteiger partial charge in [-0.05, 0) is 55.3 Å². The SMILES string of the molecule is CCCSc1nc(Nc2ccc(N=Nc3cc(S(=O)(=O)O)c4cccc(S(=O)(=O)O)c4c3)c(C)c2)[nH]c(=O)n1. The minimum absolute atomic E-state index is 0.0801. The summed E-state index contributed by atoms with van der Waals surface area (Å²) in [5.74, 6) is 0.979. The Hall–Kier alpha value is -3.70. The van der Waals surface area contributed by atoms with Gasteiger partial charge in [0.2, 0.25) is 5.95 Å². The predicted octanol–water partition coefficient (Wildman–Crippen LogP) is 4.78. The van der Waals surface area contributed by atoms with Gasteiger partial charge in [0.05, 0.1) is 11.4 Å². The van der Waals surface area contributed by atoms with Crippen LogP contribution in [0.3, 0.4) is 0 Å². The Morgan fingerprint density at radius 1 is 0.949 bits per heavy atom. The third-order valence-electron chi connectivity index (χ3n) is 5.26. The van der Waals surface area contributed by atoms with Crippen molar-refractivity contribution in [1.29, 1.82) is 0 Å². The zero-order chi connectivity index (χ0) is 28.4. The summed E-state index contributed by atoms with van der Waals surface area (Å²) in [4.78, 5) is 21.4. The molecule has 0 spiro atoms. The van der Waals surface area contributed by atoms with Crippen LogP contribution in [0.4, 0.5) is 23.0 Å². The highest BCUT2D eigenvalue weighted by Gasteiger charge is 2.21. The van der Waals surface area contributed by atoms with Crippen LogP contribution in [0.15, 0.2) is 78.5 Å². The van der Waals surface area contributed by atoms with Crippen LogP contribution in [0.1, 0.15) is 18.9 Å². The van der Waals surface area contributed by atoms with E-state index in [4.69, 9.17) is 0 Å².